The van der Waals surface area contributed by atoms with Crippen molar-refractivity contribution in [3.05, 3.63) is 34.8 Å². The Labute approximate surface area is 178 Å². The van der Waals surface area contributed by atoms with Crippen molar-refractivity contribution in [2.24, 2.45) is 23.2 Å². The molecule has 6 nitrogen and oxygen atoms in total. The quantitative estimate of drug-likeness (QED) is 0.510. The third-order valence-electron chi connectivity index (χ3n) is 7.06. The number of aryl methyl sites for hydroxylation is 1. The lowest BCUT2D eigenvalue weighted by atomic mass is 9.53. The van der Waals surface area contributed by atoms with E-state index in [0.29, 0.717) is 17.6 Å². The van der Waals surface area contributed by atoms with Gasteiger partial charge in [0, 0.05) is 16.6 Å². The van der Waals surface area contributed by atoms with Crippen LogP contribution in [0.4, 0.5) is 0 Å². The molecule has 1 aromatic rings. The van der Waals surface area contributed by atoms with E-state index in [-0.39, 0.29) is 29.3 Å². The van der Waals surface area contributed by atoms with Gasteiger partial charge in [-0.25, -0.2) is 4.79 Å². The number of hydrogen-bond acceptors (Lipinski definition) is 6. The number of esters is 2. The Morgan fingerprint density at radius 2 is 1.93 bits per heavy atom. The standard InChI is InChI=1S/C24H32O6/c1-8-13(4)23(27)29-16-10-9-15(6)24(7)18(16)19(25)20-17(14(5)11-28-20)21(24)30-22(26)12(2)3/h8,11-12,15-16,18,21H,9-10H2,1-7H3/b13-8-/t15-,16-,18-,21+,24+/m0/s1. The van der Waals surface area contributed by atoms with Crippen LogP contribution >= 0.6 is 0 Å². The van der Waals surface area contributed by atoms with Crippen molar-refractivity contribution in [3.63, 3.8) is 0 Å². The van der Waals surface area contributed by atoms with E-state index in [2.05, 4.69) is 6.92 Å². The smallest absolute Gasteiger partial charge is 0.333 e. The number of allylic oxidation sites excluding steroid dienone is 1. The third-order valence-corrected chi connectivity index (χ3v) is 7.06. The van der Waals surface area contributed by atoms with Gasteiger partial charge in [-0.1, -0.05) is 33.8 Å². The van der Waals surface area contributed by atoms with Crippen LogP contribution in [0.15, 0.2) is 22.3 Å². The van der Waals surface area contributed by atoms with Crippen LogP contribution in [-0.2, 0) is 19.1 Å². The molecule has 0 bridgehead atoms. The van der Waals surface area contributed by atoms with Gasteiger partial charge in [-0.3, -0.25) is 9.59 Å². The molecule has 6 heteroatoms. The van der Waals surface area contributed by atoms with Gasteiger partial charge in [0.05, 0.1) is 18.1 Å². The van der Waals surface area contributed by atoms with Gasteiger partial charge in [-0.15, -0.1) is 0 Å². The van der Waals surface area contributed by atoms with Crippen LogP contribution in [0.5, 0.6) is 0 Å². The Balaban J connectivity index is 2.11. The lowest BCUT2D eigenvalue weighted by Gasteiger charge is -2.53. The van der Waals surface area contributed by atoms with E-state index in [1.54, 1.807) is 33.8 Å². The molecule has 5 atom stereocenters. The molecule has 0 saturated heterocycles. The first-order valence-corrected chi connectivity index (χ1v) is 10.7. The fourth-order valence-electron chi connectivity index (χ4n) is 4.81. The second kappa shape index (κ2) is 8.05. The van der Waals surface area contributed by atoms with Crippen LogP contribution in [0.25, 0.3) is 0 Å². The summed E-state index contributed by atoms with van der Waals surface area (Å²) < 4.78 is 17.5. The first-order chi connectivity index (χ1) is 14.0. The Bertz CT molecular complexity index is 892. The van der Waals surface area contributed by atoms with Crippen LogP contribution < -0.4 is 0 Å². The van der Waals surface area contributed by atoms with Crippen molar-refractivity contribution >= 4 is 17.7 Å². The number of Topliss-reactive ketones (excluding diaryl/α,β-unsaturated/α-hetero) is 1. The second-order valence-electron chi connectivity index (χ2n) is 9.23. The zero-order valence-electron chi connectivity index (χ0n) is 18.9. The number of ether oxygens (including phenoxy) is 2. The maximum Gasteiger partial charge on any atom is 0.333 e. The zero-order chi connectivity index (χ0) is 22.4. The first-order valence-electron chi connectivity index (χ1n) is 10.7. The molecule has 0 amide bonds. The molecule has 30 heavy (non-hydrogen) atoms. The fourth-order valence-corrected chi connectivity index (χ4v) is 4.81. The van der Waals surface area contributed by atoms with Crippen LogP contribution in [0.2, 0.25) is 0 Å². The minimum absolute atomic E-state index is 0.0802. The highest BCUT2D eigenvalue weighted by molar-refractivity contribution is 6.00. The van der Waals surface area contributed by atoms with Crippen LogP contribution in [-0.4, -0.2) is 23.8 Å². The highest BCUT2D eigenvalue weighted by atomic mass is 16.6. The number of rotatable bonds is 4. The average Bonchev–Trinajstić information content (AvgIpc) is 3.08. The van der Waals surface area contributed by atoms with E-state index in [0.717, 1.165) is 12.0 Å². The Hall–Kier alpha value is -2.37. The fraction of sp³-hybridized carbons (Fsp3) is 0.625. The van der Waals surface area contributed by atoms with Crippen LogP contribution in [0, 0.1) is 30.1 Å². The van der Waals surface area contributed by atoms with E-state index in [9.17, 15) is 14.4 Å². The largest absolute Gasteiger partial charge is 0.460 e. The summed E-state index contributed by atoms with van der Waals surface area (Å²) in [6.07, 6.45) is 3.33. The lowest BCUT2D eigenvalue weighted by molar-refractivity contribution is -0.182. The van der Waals surface area contributed by atoms with Crippen molar-refractivity contribution in [2.75, 3.05) is 0 Å². The van der Waals surface area contributed by atoms with Gasteiger partial charge in [0.2, 0.25) is 5.78 Å². The summed E-state index contributed by atoms with van der Waals surface area (Å²) in [7, 11) is 0. The van der Waals surface area contributed by atoms with Gasteiger partial charge in [-0.05, 0) is 45.1 Å². The maximum atomic E-state index is 13.6. The Kier molecular flexibility index (Phi) is 5.99. The van der Waals surface area contributed by atoms with Crippen molar-refractivity contribution in [2.45, 2.75) is 73.5 Å². The van der Waals surface area contributed by atoms with Crippen LogP contribution in [0.1, 0.15) is 82.2 Å². The van der Waals surface area contributed by atoms with Crippen molar-refractivity contribution in [1.29, 1.82) is 0 Å². The number of hydrogen-bond donors (Lipinski definition) is 0. The Morgan fingerprint density at radius 1 is 1.27 bits per heavy atom. The molecular formula is C24H32O6. The molecule has 1 fully saturated rings. The van der Waals surface area contributed by atoms with E-state index < -0.39 is 29.5 Å². The lowest BCUT2D eigenvalue weighted by Crippen LogP contribution is -2.56. The van der Waals surface area contributed by atoms with Crippen molar-refractivity contribution < 1.29 is 28.3 Å². The van der Waals surface area contributed by atoms with E-state index in [4.69, 9.17) is 13.9 Å². The molecule has 0 N–H and O–H groups in total. The second-order valence-corrected chi connectivity index (χ2v) is 9.23. The number of carbonyl (C=O) groups is 3. The Morgan fingerprint density at radius 3 is 2.53 bits per heavy atom. The summed E-state index contributed by atoms with van der Waals surface area (Å²) in [5, 5.41) is 0. The van der Waals surface area contributed by atoms with E-state index in [1.807, 2.05) is 13.8 Å². The monoisotopic (exact) mass is 416 g/mol. The van der Waals surface area contributed by atoms with E-state index in [1.165, 1.54) is 6.26 Å². The van der Waals surface area contributed by atoms with Crippen molar-refractivity contribution in [3.8, 4) is 0 Å². The summed E-state index contributed by atoms with van der Waals surface area (Å²) in [4.78, 5) is 38.7. The van der Waals surface area contributed by atoms with Crippen molar-refractivity contribution in [1.82, 2.24) is 0 Å². The molecule has 1 aromatic heterocycles. The first kappa shape index (κ1) is 22.3. The van der Waals surface area contributed by atoms with Gasteiger partial charge in [-0.2, -0.15) is 0 Å². The van der Waals surface area contributed by atoms with Gasteiger partial charge < -0.3 is 13.9 Å². The molecule has 0 aromatic carbocycles. The SMILES string of the molecule is C/C=C(/C)C(=O)O[C@H]1CC[C@H](C)[C@@]2(C)[C@H](OC(=O)C(C)C)c3c(C)coc3C(=O)[C@H]12. The van der Waals surface area contributed by atoms with E-state index >= 15 is 0 Å². The number of ketones is 1. The normalized spacial score (nSPS) is 31.2. The number of furan rings is 1. The highest BCUT2D eigenvalue weighted by Crippen LogP contribution is 2.60. The predicted octanol–water partition coefficient (Wildman–Crippen LogP) is 4.96. The molecule has 164 valence electrons. The van der Waals surface area contributed by atoms with Gasteiger partial charge >= 0.3 is 11.9 Å². The highest BCUT2D eigenvalue weighted by Gasteiger charge is 2.62. The molecule has 3 rings (SSSR count). The predicted molar refractivity (Wildman–Crippen MR) is 111 cm³/mol. The minimum atomic E-state index is -0.712. The molecule has 0 unspecified atom stereocenters. The molecule has 0 radical (unpaired) electrons. The molecule has 2 aliphatic carbocycles. The summed E-state index contributed by atoms with van der Waals surface area (Å²) in [6.45, 7) is 13.0. The minimum Gasteiger partial charge on any atom is -0.460 e. The zero-order valence-corrected chi connectivity index (χ0v) is 18.9. The maximum absolute atomic E-state index is 13.6. The third kappa shape index (κ3) is 3.40. The molecule has 2 aliphatic rings. The summed E-state index contributed by atoms with van der Waals surface area (Å²) in [5.41, 5.74) is 1.22. The summed E-state index contributed by atoms with van der Waals surface area (Å²) in [5.74, 6) is -1.57. The van der Waals surface area contributed by atoms with Gasteiger partial charge in [0.1, 0.15) is 12.2 Å². The molecular weight excluding hydrogens is 384 g/mol. The number of carbonyl (C=O) groups excluding carboxylic acids is 3. The van der Waals surface area contributed by atoms with Gasteiger partial charge in [0.15, 0.2) is 5.76 Å². The van der Waals surface area contributed by atoms with Gasteiger partial charge in [0.25, 0.3) is 0 Å². The molecule has 1 heterocycles. The summed E-state index contributed by atoms with van der Waals surface area (Å²) >= 11 is 0. The molecule has 0 aliphatic heterocycles. The molecule has 0 spiro atoms. The summed E-state index contributed by atoms with van der Waals surface area (Å²) in [6, 6.07) is 0. The number of fused-ring (bicyclic) bond motifs is 2. The van der Waals surface area contributed by atoms with Crippen LogP contribution in [0.3, 0.4) is 0 Å². The molecule has 1 saturated carbocycles. The average molecular weight is 417 g/mol. The topological polar surface area (TPSA) is 82.8 Å².